The van der Waals surface area contributed by atoms with Gasteiger partial charge in [0.05, 0.1) is 12.1 Å². The molecule has 3 rings (SSSR count). The van der Waals surface area contributed by atoms with E-state index in [1.54, 1.807) is 7.11 Å². The molecule has 1 aromatic heterocycles. The molecule has 1 heterocycles. The van der Waals surface area contributed by atoms with E-state index in [0.29, 0.717) is 16.5 Å². The molecular formula is C15H12ClNO2. The Morgan fingerprint density at radius 1 is 1.21 bits per heavy atom. The first kappa shape index (κ1) is 12.1. The van der Waals surface area contributed by atoms with Gasteiger partial charge in [-0.1, -0.05) is 23.7 Å². The molecule has 0 aliphatic heterocycles. The van der Waals surface area contributed by atoms with Crippen molar-refractivity contribution in [3.05, 3.63) is 47.0 Å². The first-order chi connectivity index (χ1) is 9.19. The van der Waals surface area contributed by atoms with Crippen molar-refractivity contribution < 1.29 is 9.15 Å². The zero-order valence-electron chi connectivity index (χ0n) is 10.6. The SMILES string of the molecule is COc1cccc(-c2nc3c(C)ccc(Cl)c3o2)c1. The summed E-state index contributed by atoms with van der Waals surface area (Å²) in [6, 6.07) is 11.3. The summed E-state index contributed by atoms with van der Waals surface area (Å²) < 4.78 is 11.0. The molecule has 0 aliphatic rings. The predicted octanol–water partition coefficient (Wildman–Crippen LogP) is 4.47. The van der Waals surface area contributed by atoms with E-state index in [-0.39, 0.29) is 0 Å². The fourth-order valence-corrected chi connectivity index (χ4v) is 2.17. The molecule has 0 N–H and O–H groups in total. The molecule has 3 aromatic rings. The van der Waals surface area contributed by atoms with Gasteiger partial charge < -0.3 is 9.15 Å². The third kappa shape index (κ3) is 2.06. The maximum absolute atomic E-state index is 6.13. The van der Waals surface area contributed by atoms with Crippen LogP contribution in [0.2, 0.25) is 5.02 Å². The Morgan fingerprint density at radius 2 is 2.05 bits per heavy atom. The van der Waals surface area contributed by atoms with Crippen molar-refractivity contribution in [3.8, 4) is 17.2 Å². The Labute approximate surface area is 115 Å². The van der Waals surface area contributed by atoms with E-state index in [1.807, 2.05) is 43.3 Å². The van der Waals surface area contributed by atoms with Crippen molar-refractivity contribution in [2.24, 2.45) is 0 Å². The third-order valence-corrected chi connectivity index (χ3v) is 3.31. The number of ether oxygens (including phenoxy) is 1. The molecule has 0 atom stereocenters. The molecule has 4 heteroatoms. The molecule has 2 aromatic carbocycles. The summed E-state index contributed by atoms with van der Waals surface area (Å²) in [6.45, 7) is 1.98. The van der Waals surface area contributed by atoms with Gasteiger partial charge in [-0.25, -0.2) is 4.98 Å². The lowest BCUT2D eigenvalue weighted by molar-refractivity contribution is 0.415. The number of hydrogen-bond donors (Lipinski definition) is 0. The summed E-state index contributed by atoms with van der Waals surface area (Å²) in [5.74, 6) is 1.31. The quantitative estimate of drug-likeness (QED) is 0.691. The van der Waals surface area contributed by atoms with Crippen molar-refractivity contribution in [2.75, 3.05) is 7.11 Å². The second-order valence-corrected chi connectivity index (χ2v) is 4.70. The van der Waals surface area contributed by atoms with E-state index in [9.17, 15) is 0 Å². The van der Waals surface area contributed by atoms with Crippen LogP contribution in [-0.4, -0.2) is 12.1 Å². The highest BCUT2D eigenvalue weighted by molar-refractivity contribution is 6.34. The van der Waals surface area contributed by atoms with E-state index >= 15 is 0 Å². The van der Waals surface area contributed by atoms with Crippen molar-refractivity contribution in [2.45, 2.75) is 6.92 Å². The Bertz CT molecular complexity index is 710. The highest BCUT2D eigenvalue weighted by atomic mass is 35.5. The second-order valence-electron chi connectivity index (χ2n) is 4.29. The van der Waals surface area contributed by atoms with Crippen LogP contribution in [0.25, 0.3) is 22.6 Å². The summed E-state index contributed by atoms with van der Waals surface area (Å²) in [5, 5.41) is 0.572. The Hall–Kier alpha value is -2.00. The molecule has 0 amide bonds. The van der Waals surface area contributed by atoms with E-state index in [4.69, 9.17) is 20.8 Å². The van der Waals surface area contributed by atoms with Crippen molar-refractivity contribution >= 4 is 22.7 Å². The van der Waals surface area contributed by atoms with Gasteiger partial charge in [-0.2, -0.15) is 0 Å². The van der Waals surface area contributed by atoms with Crippen LogP contribution in [-0.2, 0) is 0 Å². The fraction of sp³-hybridized carbons (Fsp3) is 0.133. The molecule has 0 saturated carbocycles. The minimum Gasteiger partial charge on any atom is -0.497 e. The number of aryl methyl sites for hydroxylation is 1. The number of nitrogens with zero attached hydrogens (tertiary/aromatic N) is 1. The van der Waals surface area contributed by atoms with Crippen LogP contribution in [0.15, 0.2) is 40.8 Å². The number of rotatable bonds is 2. The number of benzene rings is 2. The zero-order chi connectivity index (χ0) is 13.4. The maximum atomic E-state index is 6.13. The average molecular weight is 274 g/mol. The monoisotopic (exact) mass is 273 g/mol. The minimum atomic E-state index is 0.546. The molecule has 96 valence electrons. The van der Waals surface area contributed by atoms with Crippen molar-refractivity contribution in [1.82, 2.24) is 4.98 Å². The largest absolute Gasteiger partial charge is 0.497 e. The van der Waals surface area contributed by atoms with Gasteiger partial charge in [-0.15, -0.1) is 0 Å². The Kier molecular flexibility index (Phi) is 2.91. The molecule has 0 radical (unpaired) electrons. The molecule has 0 fully saturated rings. The lowest BCUT2D eigenvalue weighted by Gasteiger charge is -2.00. The molecule has 3 nitrogen and oxygen atoms in total. The summed E-state index contributed by atoms with van der Waals surface area (Å²) in [5.41, 5.74) is 3.33. The molecule has 19 heavy (non-hydrogen) atoms. The summed E-state index contributed by atoms with van der Waals surface area (Å²) >= 11 is 6.13. The van der Waals surface area contributed by atoms with Crippen LogP contribution < -0.4 is 4.74 Å². The molecule has 0 aliphatic carbocycles. The molecule has 0 saturated heterocycles. The number of methoxy groups -OCH3 is 1. The molecular weight excluding hydrogens is 262 g/mol. The van der Waals surface area contributed by atoms with Gasteiger partial charge >= 0.3 is 0 Å². The Balaban J connectivity index is 2.20. The van der Waals surface area contributed by atoms with Crippen LogP contribution in [0.1, 0.15) is 5.56 Å². The van der Waals surface area contributed by atoms with Crippen molar-refractivity contribution in [1.29, 1.82) is 0 Å². The van der Waals surface area contributed by atoms with Crippen LogP contribution in [0, 0.1) is 6.92 Å². The number of halogens is 1. The maximum Gasteiger partial charge on any atom is 0.227 e. The lowest BCUT2D eigenvalue weighted by atomic mass is 10.2. The highest BCUT2D eigenvalue weighted by Gasteiger charge is 2.13. The first-order valence-corrected chi connectivity index (χ1v) is 6.27. The highest BCUT2D eigenvalue weighted by Crippen LogP contribution is 2.32. The first-order valence-electron chi connectivity index (χ1n) is 5.89. The topological polar surface area (TPSA) is 35.3 Å². The van der Waals surface area contributed by atoms with Crippen LogP contribution in [0.5, 0.6) is 5.75 Å². The van der Waals surface area contributed by atoms with Gasteiger partial charge in [0, 0.05) is 5.56 Å². The minimum absolute atomic E-state index is 0.546. The summed E-state index contributed by atoms with van der Waals surface area (Å²) in [6.07, 6.45) is 0. The normalized spacial score (nSPS) is 10.9. The van der Waals surface area contributed by atoms with Crippen LogP contribution in [0.3, 0.4) is 0 Å². The van der Waals surface area contributed by atoms with Crippen LogP contribution >= 0.6 is 11.6 Å². The van der Waals surface area contributed by atoms with Gasteiger partial charge in [0.25, 0.3) is 0 Å². The van der Waals surface area contributed by atoms with E-state index < -0.39 is 0 Å². The smallest absolute Gasteiger partial charge is 0.227 e. The summed E-state index contributed by atoms with van der Waals surface area (Å²) in [7, 11) is 1.63. The predicted molar refractivity (Wildman–Crippen MR) is 75.7 cm³/mol. The lowest BCUT2D eigenvalue weighted by Crippen LogP contribution is -1.83. The van der Waals surface area contributed by atoms with Gasteiger partial charge in [-0.3, -0.25) is 0 Å². The van der Waals surface area contributed by atoms with E-state index in [1.165, 1.54) is 0 Å². The van der Waals surface area contributed by atoms with Crippen molar-refractivity contribution in [3.63, 3.8) is 0 Å². The number of hydrogen-bond acceptors (Lipinski definition) is 3. The average Bonchev–Trinajstić information content (AvgIpc) is 2.89. The molecule has 0 bridgehead atoms. The van der Waals surface area contributed by atoms with Gasteiger partial charge in [0.1, 0.15) is 11.3 Å². The fourth-order valence-electron chi connectivity index (χ4n) is 1.98. The van der Waals surface area contributed by atoms with E-state index in [0.717, 1.165) is 22.4 Å². The van der Waals surface area contributed by atoms with Crippen LogP contribution in [0.4, 0.5) is 0 Å². The van der Waals surface area contributed by atoms with E-state index in [2.05, 4.69) is 4.98 Å². The Morgan fingerprint density at radius 3 is 2.79 bits per heavy atom. The molecule has 0 unspecified atom stereocenters. The standard InChI is InChI=1S/C15H12ClNO2/c1-9-6-7-12(16)14-13(9)17-15(19-14)10-4-3-5-11(8-10)18-2/h3-8H,1-2H3. The number of fused-ring (bicyclic) bond motifs is 1. The van der Waals surface area contributed by atoms with Gasteiger partial charge in [-0.05, 0) is 36.8 Å². The summed E-state index contributed by atoms with van der Waals surface area (Å²) in [4.78, 5) is 4.51. The van der Waals surface area contributed by atoms with Gasteiger partial charge in [0.15, 0.2) is 5.58 Å². The number of oxazole rings is 1. The third-order valence-electron chi connectivity index (χ3n) is 3.01. The second kappa shape index (κ2) is 4.59. The molecule has 0 spiro atoms. The van der Waals surface area contributed by atoms with Gasteiger partial charge in [0.2, 0.25) is 5.89 Å². The zero-order valence-corrected chi connectivity index (χ0v) is 11.4. The number of aromatic nitrogens is 1.